The summed E-state index contributed by atoms with van der Waals surface area (Å²) in [5, 5.41) is 4.25. The number of carbonyl (C=O) groups excluding carboxylic acids is 1. The highest BCUT2D eigenvalue weighted by Crippen LogP contribution is 2.24. The minimum absolute atomic E-state index is 0.0847. The monoisotopic (exact) mass is 351 g/mol. The van der Waals surface area contributed by atoms with Crippen LogP contribution in [0.15, 0.2) is 42.5 Å². The Hall–Kier alpha value is -1.71. The molecule has 122 valence electrons. The number of benzene rings is 2. The smallest absolute Gasteiger partial charge is 0.170 e. The lowest BCUT2D eigenvalue weighted by molar-refractivity contribution is -0.121. The molecule has 0 aliphatic carbocycles. The molecule has 0 radical (unpaired) electrons. The molecule has 2 aromatic carbocycles. The van der Waals surface area contributed by atoms with Gasteiger partial charge >= 0.3 is 0 Å². The van der Waals surface area contributed by atoms with E-state index in [9.17, 15) is 4.79 Å². The Bertz CT molecular complexity index is 657. The maximum atomic E-state index is 11.8. The second kappa shape index (κ2) is 8.80. The van der Waals surface area contributed by atoms with E-state index in [4.69, 9.17) is 27.9 Å². The maximum absolute atomic E-state index is 11.8. The number of Topliss-reactive ketones (excluding diaryl/α,β-unsaturated/α-hetero) is 1. The molecule has 0 amide bonds. The highest BCUT2D eigenvalue weighted by molar-refractivity contribution is 6.42. The largest absolute Gasteiger partial charge is 0.486 e. The third kappa shape index (κ3) is 6.12. The number of anilines is 1. The van der Waals surface area contributed by atoms with Crippen molar-refractivity contribution in [1.29, 1.82) is 0 Å². The topological polar surface area (TPSA) is 38.3 Å². The fourth-order valence-corrected chi connectivity index (χ4v) is 2.29. The van der Waals surface area contributed by atoms with Crippen LogP contribution in [0.25, 0.3) is 0 Å². The predicted octanol–water partition coefficient (Wildman–Crippen LogP) is 5.14. The maximum Gasteiger partial charge on any atom is 0.170 e. The van der Waals surface area contributed by atoms with Gasteiger partial charge in [0.15, 0.2) is 5.78 Å². The van der Waals surface area contributed by atoms with E-state index in [1.807, 2.05) is 37.3 Å². The summed E-state index contributed by atoms with van der Waals surface area (Å²) >= 11 is 11.8. The normalized spacial score (nSPS) is 10.4. The molecule has 23 heavy (non-hydrogen) atoms. The van der Waals surface area contributed by atoms with Crippen molar-refractivity contribution in [2.75, 3.05) is 18.5 Å². The minimum Gasteiger partial charge on any atom is -0.486 e. The van der Waals surface area contributed by atoms with Crippen LogP contribution in [0.5, 0.6) is 5.75 Å². The van der Waals surface area contributed by atoms with Gasteiger partial charge in [0.25, 0.3) is 0 Å². The van der Waals surface area contributed by atoms with Crippen LogP contribution in [0, 0.1) is 6.92 Å². The Labute approximate surface area is 146 Å². The molecule has 5 heteroatoms. The van der Waals surface area contributed by atoms with Crippen molar-refractivity contribution in [1.82, 2.24) is 0 Å². The highest BCUT2D eigenvalue weighted by Gasteiger charge is 2.04. The fourth-order valence-electron chi connectivity index (χ4n) is 1.99. The van der Waals surface area contributed by atoms with Crippen molar-refractivity contribution in [3.63, 3.8) is 0 Å². The first-order valence-electron chi connectivity index (χ1n) is 7.44. The van der Waals surface area contributed by atoms with Gasteiger partial charge in [0.2, 0.25) is 0 Å². The van der Waals surface area contributed by atoms with Gasteiger partial charge in [0, 0.05) is 18.7 Å². The van der Waals surface area contributed by atoms with Crippen LogP contribution in [0.4, 0.5) is 5.69 Å². The van der Waals surface area contributed by atoms with Crippen molar-refractivity contribution in [3.8, 4) is 5.75 Å². The van der Waals surface area contributed by atoms with Gasteiger partial charge in [-0.2, -0.15) is 0 Å². The molecule has 2 rings (SSSR count). The zero-order chi connectivity index (χ0) is 16.7. The van der Waals surface area contributed by atoms with E-state index < -0.39 is 0 Å². The van der Waals surface area contributed by atoms with Crippen molar-refractivity contribution in [3.05, 3.63) is 58.1 Å². The van der Waals surface area contributed by atoms with Gasteiger partial charge in [-0.15, -0.1) is 0 Å². The summed E-state index contributed by atoms with van der Waals surface area (Å²) in [6.45, 7) is 2.81. The summed E-state index contributed by atoms with van der Waals surface area (Å²) in [5.41, 5.74) is 2.06. The van der Waals surface area contributed by atoms with Gasteiger partial charge in [0.05, 0.1) is 10.0 Å². The molecule has 1 N–H and O–H groups in total. The van der Waals surface area contributed by atoms with Crippen molar-refractivity contribution >= 4 is 34.7 Å². The van der Waals surface area contributed by atoms with Gasteiger partial charge in [0.1, 0.15) is 12.4 Å². The Morgan fingerprint density at radius 1 is 1.09 bits per heavy atom. The summed E-state index contributed by atoms with van der Waals surface area (Å²) in [5.74, 6) is 0.805. The van der Waals surface area contributed by atoms with E-state index in [0.29, 0.717) is 23.0 Å². The van der Waals surface area contributed by atoms with Gasteiger partial charge in [-0.25, -0.2) is 0 Å². The standard InChI is InChI=1S/C18H19Cl2NO2/c1-13-4-7-16(8-5-13)23-12-15(22)3-2-10-21-14-6-9-17(19)18(20)11-14/h4-9,11,21H,2-3,10,12H2,1H3. The lowest BCUT2D eigenvalue weighted by Gasteiger charge is -2.08. The van der Waals surface area contributed by atoms with Gasteiger partial charge in [-0.1, -0.05) is 40.9 Å². The molecule has 0 spiro atoms. The Morgan fingerprint density at radius 3 is 2.52 bits per heavy atom. The Balaban J connectivity index is 1.64. The van der Waals surface area contributed by atoms with Crippen molar-refractivity contribution < 1.29 is 9.53 Å². The molecule has 0 saturated heterocycles. The van der Waals surface area contributed by atoms with E-state index in [2.05, 4.69) is 5.32 Å². The summed E-state index contributed by atoms with van der Waals surface area (Å²) in [6.07, 6.45) is 1.20. The quantitative estimate of drug-likeness (QED) is 0.669. The number of rotatable bonds is 8. The molecule has 0 bridgehead atoms. The van der Waals surface area contributed by atoms with E-state index in [-0.39, 0.29) is 12.4 Å². The van der Waals surface area contributed by atoms with Crippen molar-refractivity contribution in [2.24, 2.45) is 0 Å². The Morgan fingerprint density at radius 2 is 1.83 bits per heavy atom. The molecule has 0 atom stereocenters. The van der Waals surface area contributed by atoms with Crippen molar-refractivity contribution in [2.45, 2.75) is 19.8 Å². The first kappa shape index (κ1) is 17.6. The fraction of sp³-hybridized carbons (Fsp3) is 0.278. The molecule has 2 aromatic rings. The number of aryl methyl sites for hydroxylation is 1. The summed E-state index contributed by atoms with van der Waals surface area (Å²) < 4.78 is 5.46. The van der Waals surface area contributed by atoms with Crippen LogP contribution < -0.4 is 10.1 Å². The van der Waals surface area contributed by atoms with Crippen LogP contribution in [-0.2, 0) is 4.79 Å². The van der Waals surface area contributed by atoms with E-state index in [1.54, 1.807) is 12.1 Å². The molecule has 0 unspecified atom stereocenters. The summed E-state index contributed by atoms with van der Waals surface area (Å²) in [4.78, 5) is 11.8. The highest BCUT2D eigenvalue weighted by atomic mass is 35.5. The third-order valence-electron chi connectivity index (χ3n) is 3.30. The molecular weight excluding hydrogens is 333 g/mol. The van der Waals surface area contributed by atoms with Crippen LogP contribution in [0.2, 0.25) is 10.0 Å². The molecule has 0 aromatic heterocycles. The predicted molar refractivity (Wildman–Crippen MR) is 95.9 cm³/mol. The number of carbonyl (C=O) groups is 1. The molecule has 0 aliphatic rings. The van der Waals surface area contributed by atoms with E-state index in [0.717, 1.165) is 23.4 Å². The molecule has 0 heterocycles. The van der Waals surface area contributed by atoms with Crippen LogP contribution >= 0.6 is 23.2 Å². The number of hydrogen-bond acceptors (Lipinski definition) is 3. The number of ether oxygens (including phenoxy) is 1. The summed E-state index contributed by atoms with van der Waals surface area (Å²) in [7, 11) is 0. The van der Waals surface area contributed by atoms with E-state index in [1.165, 1.54) is 0 Å². The number of nitrogens with one attached hydrogen (secondary N) is 1. The average Bonchev–Trinajstić information content (AvgIpc) is 2.54. The third-order valence-corrected chi connectivity index (χ3v) is 4.04. The number of halogens is 2. The Kier molecular flexibility index (Phi) is 6.75. The van der Waals surface area contributed by atoms with Crippen LogP contribution in [-0.4, -0.2) is 18.9 Å². The first-order valence-corrected chi connectivity index (χ1v) is 8.20. The molecule has 0 saturated carbocycles. The van der Waals surface area contributed by atoms with E-state index >= 15 is 0 Å². The second-order valence-corrected chi connectivity index (χ2v) is 6.11. The zero-order valence-electron chi connectivity index (χ0n) is 12.9. The second-order valence-electron chi connectivity index (χ2n) is 5.30. The zero-order valence-corrected chi connectivity index (χ0v) is 14.5. The number of hydrogen-bond donors (Lipinski definition) is 1. The summed E-state index contributed by atoms with van der Waals surface area (Å²) in [6, 6.07) is 13.0. The van der Waals surface area contributed by atoms with Crippen LogP contribution in [0.3, 0.4) is 0 Å². The molecular formula is C18H19Cl2NO2. The van der Waals surface area contributed by atoms with Gasteiger partial charge < -0.3 is 10.1 Å². The first-order chi connectivity index (χ1) is 11.0. The molecule has 0 aliphatic heterocycles. The minimum atomic E-state index is 0.0847. The molecule has 3 nitrogen and oxygen atoms in total. The van der Waals surface area contributed by atoms with Crippen LogP contribution in [0.1, 0.15) is 18.4 Å². The average molecular weight is 352 g/mol. The SMILES string of the molecule is Cc1ccc(OCC(=O)CCCNc2ccc(Cl)c(Cl)c2)cc1. The van der Waals surface area contributed by atoms with Gasteiger partial charge in [-0.05, 0) is 43.7 Å². The number of ketones is 1. The van der Waals surface area contributed by atoms with Gasteiger partial charge in [-0.3, -0.25) is 4.79 Å². The lowest BCUT2D eigenvalue weighted by atomic mass is 10.2. The molecule has 0 fully saturated rings. The lowest BCUT2D eigenvalue weighted by Crippen LogP contribution is -2.13.